The van der Waals surface area contributed by atoms with E-state index in [2.05, 4.69) is 289 Å². The molecule has 0 N–H and O–H groups in total. The summed E-state index contributed by atoms with van der Waals surface area (Å²) in [5.41, 5.74) is 19.0. The van der Waals surface area contributed by atoms with Gasteiger partial charge in [-0.15, -0.1) is 0 Å². The third kappa shape index (κ3) is 7.83. The topological polar surface area (TPSA) is 32.8 Å². The molecule has 74 heavy (non-hydrogen) atoms. The highest BCUT2D eigenvalue weighted by atomic mass is 16.3. The number of hydrogen-bond donors (Lipinski definition) is 0. The molecular formula is C70H46N2O2. The van der Waals surface area contributed by atoms with E-state index < -0.39 is 0 Å². The molecule has 0 aliphatic rings. The molecule has 0 amide bonds. The van der Waals surface area contributed by atoms with Crippen LogP contribution in [0.15, 0.2) is 288 Å². The maximum absolute atomic E-state index is 6.78. The van der Waals surface area contributed by atoms with Crippen molar-refractivity contribution >= 4 is 88.8 Å². The van der Waals surface area contributed by atoms with E-state index in [4.69, 9.17) is 8.83 Å². The van der Waals surface area contributed by atoms with E-state index in [-0.39, 0.29) is 0 Å². The number of benzene rings is 12. The van der Waals surface area contributed by atoms with Crippen LogP contribution in [-0.2, 0) is 0 Å². The van der Waals surface area contributed by atoms with Crippen LogP contribution in [0.25, 0.3) is 99.2 Å². The maximum Gasteiger partial charge on any atom is 0.137 e. The molecule has 0 fully saturated rings. The van der Waals surface area contributed by atoms with Gasteiger partial charge in [0.15, 0.2) is 0 Å². The molecule has 0 bridgehead atoms. The van der Waals surface area contributed by atoms with Gasteiger partial charge in [0.05, 0.1) is 0 Å². The predicted octanol–water partition coefficient (Wildman–Crippen LogP) is 20.2. The van der Waals surface area contributed by atoms with Crippen LogP contribution in [0.4, 0.5) is 34.1 Å². The average molecular weight is 947 g/mol. The van der Waals surface area contributed by atoms with Crippen molar-refractivity contribution in [3.63, 3.8) is 0 Å². The maximum atomic E-state index is 6.78. The van der Waals surface area contributed by atoms with E-state index in [9.17, 15) is 0 Å². The van der Waals surface area contributed by atoms with Crippen molar-refractivity contribution in [2.24, 2.45) is 0 Å². The first-order chi connectivity index (χ1) is 36.6. The van der Waals surface area contributed by atoms with Crippen molar-refractivity contribution < 1.29 is 8.83 Å². The second kappa shape index (κ2) is 18.1. The van der Waals surface area contributed by atoms with Crippen LogP contribution in [0.3, 0.4) is 0 Å². The number of nitrogens with zero attached hydrogens (tertiary/aromatic N) is 2. The Hall–Kier alpha value is -9.90. The normalized spacial score (nSPS) is 11.5. The molecule has 12 aromatic carbocycles. The molecule has 0 aliphatic heterocycles. The predicted molar refractivity (Wildman–Crippen MR) is 310 cm³/mol. The molecule has 0 atom stereocenters. The van der Waals surface area contributed by atoms with E-state index >= 15 is 0 Å². The first kappa shape index (κ1) is 42.9. The van der Waals surface area contributed by atoms with Crippen LogP contribution < -0.4 is 9.80 Å². The summed E-state index contributed by atoms with van der Waals surface area (Å²) in [5.74, 6) is 0. The lowest BCUT2D eigenvalue weighted by molar-refractivity contribution is 0.668. The van der Waals surface area contributed by atoms with Crippen molar-refractivity contribution in [2.45, 2.75) is 0 Å². The van der Waals surface area contributed by atoms with Crippen molar-refractivity contribution in [3.8, 4) is 44.5 Å². The quantitative estimate of drug-likeness (QED) is 0.137. The second-order valence-corrected chi connectivity index (χ2v) is 18.9. The van der Waals surface area contributed by atoms with Crippen molar-refractivity contribution in [1.82, 2.24) is 0 Å². The summed E-state index contributed by atoms with van der Waals surface area (Å²) < 4.78 is 13.6. The fourth-order valence-electron chi connectivity index (χ4n) is 10.7. The van der Waals surface area contributed by atoms with Crippen LogP contribution in [0.1, 0.15) is 0 Å². The molecule has 0 unspecified atom stereocenters. The fourth-order valence-corrected chi connectivity index (χ4v) is 10.7. The molecule has 14 rings (SSSR count). The third-order valence-electron chi connectivity index (χ3n) is 14.4. The Morgan fingerprint density at radius 3 is 0.730 bits per heavy atom. The lowest BCUT2D eigenvalue weighted by Crippen LogP contribution is -2.09. The molecular weight excluding hydrogens is 901 g/mol. The number of anilines is 6. The monoisotopic (exact) mass is 946 g/mol. The van der Waals surface area contributed by atoms with E-state index in [1.54, 1.807) is 0 Å². The molecule has 2 aromatic heterocycles. The minimum absolute atomic E-state index is 0.829. The van der Waals surface area contributed by atoms with Crippen LogP contribution in [0.2, 0.25) is 0 Å². The Bertz CT molecular complexity index is 3860. The molecule has 4 heteroatoms. The molecule has 2 heterocycles. The van der Waals surface area contributed by atoms with Gasteiger partial charge < -0.3 is 18.6 Å². The SMILES string of the molecule is c1ccc(-c2ccc(N(c3ccc(-c4ccccc4)cc3)c3ccc4c(c3)oc3cc5cc6oc7cc(N(c8ccc(-c9ccccc9)cc8)c8ccc(-c9ccccc9)cc8)ccc7c6cc5cc34)cc2)cc1. The van der Waals surface area contributed by atoms with E-state index in [1.165, 1.54) is 44.5 Å². The Morgan fingerprint density at radius 2 is 0.432 bits per heavy atom. The largest absolute Gasteiger partial charge is 0.456 e. The first-order valence-electron chi connectivity index (χ1n) is 25.1. The zero-order chi connectivity index (χ0) is 49.0. The number of rotatable bonds is 10. The first-order valence-corrected chi connectivity index (χ1v) is 25.1. The molecule has 4 nitrogen and oxygen atoms in total. The standard InChI is InChI=1S/C70H46N2O2/c1-5-13-47(14-6-1)51-21-29-57(30-22-51)71(58-31-23-52(24-32-58)48-15-7-2-8-16-48)61-37-39-63-65-41-55-42-66-64-40-38-62(46-70(64)74-68(66)44-56(55)43-67(65)73-69(63)45-61)72(59-33-25-53(26-34-59)49-17-9-3-10-18-49)60-35-27-54(28-36-60)50-19-11-4-12-20-50/h1-46H. The smallest absolute Gasteiger partial charge is 0.137 e. The van der Waals surface area contributed by atoms with E-state index in [0.29, 0.717) is 0 Å². The minimum atomic E-state index is 0.829. The highest BCUT2D eigenvalue weighted by Gasteiger charge is 2.20. The molecule has 0 aliphatic carbocycles. The molecule has 0 radical (unpaired) electrons. The summed E-state index contributed by atoms with van der Waals surface area (Å²) in [6.07, 6.45) is 0. The number of furan rings is 2. The van der Waals surface area contributed by atoms with Gasteiger partial charge in [-0.25, -0.2) is 0 Å². The molecule has 0 spiro atoms. The third-order valence-corrected chi connectivity index (χ3v) is 14.4. The Morgan fingerprint density at radius 1 is 0.189 bits per heavy atom. The van der Waals surface area contributed by atoms with Crippen molar-refractivity contribution in [2.75, 3.05) is 9.80 Å². The van der Waals surface area contributed by atoms with E-state index in [1.807, 2.05) is 0 Å². The van der Waals surface area contributed by atoms with Crippen molar-refractivity contribution in [3.05, 3.63) is 279 Å². The summed E-state index contributed by atoms with van der Waals surface area (Å²) in [6, 6.07) is 99.3. The van der Waals surface area contributed by atoms with Gasteiger partial charge in [-0.1, -0.05) is 170 Å². The summed E-state index contributed by atoms with van der Waals surface area (Å²) in [6.45, 7) is 0. The summed E-state index contributed by atoms with van der Waals surface area (Å²) >= 11 is 0. The molecule has 14 aromatic rings. The van der Waals surface area contributed by atoms with Gasteiger partial charge in [-0.3, -0.25) is 0 Å². The Balaban J connectivity index is 0.826. The summed E-state index contributed by atoms with van der Waals surface area (Å²) in [7, 11) is 0. The Kier molecular flexibility index (Phi) is 10.5. The zero-order valence-corrected chi connectivity index (χ0v) is 40.3. The van der Waals surface area contributed by atoms with Crippen LogP contribution in [-0.4, -0.2) is 0 Å². The summed E-state index contributed by atoms with van der Waals surface area (Å²) in [4.78, 5) is 4.61. The fraction of sp³-hybridized carbons (Fsp3) is 0. The zero-order valence-electron chi connectivity index (χ0n) is 40.3. The number of fused-ring (bicyclic) bond motifs is 7. The number of hydrogen-bond acceptors (Lipinski definition) is 4. The molecule has 0 saturated heterocycles. The molecule has 0 saturated carbocycles. The van der Waals surface area contributed by atoms with Crippen LogP contribution >= 0.6 is 0 Å². The van der Waals surface area contributed by atoms with E-state index in [0.717, 1.165) is 88.8 Å². The minimum Gasteiger partial charge on any atom is -0.456 e. The van der Waals surface area contributed by atoms with Gasteiger partial charge in [0.25, 0.3) is 0 Å². The lowest BCUT2D eigenvalue weighted by Gasteiger charge is -2.26. The van der Waals surface area contributed by atoms with Crippen LogP contribution in [0.5, 0.6) is 0 Å². The highest BCUT2D eigenvalue weighted by Crippen LogP contribution is 2.44. The second-order valence-electron chi connectivity index (χ2n) is 18.9. The highest BCUT2D eigenvalue weighted by molar-refractivity contribution is 6.16. The molecule has 348 valence electrons. The van der Waals surface area contributed by atoms with Gasteiger partial charge in [0, 0.05) is 67.8 Å². The van der Waals surface area contributed by atoms with Gasteiger partial charge in [0.2, 0.25) is 0 Å². The summed E-state index contributed by atoms with van der Waals surface area (Å²) in [5, 5.41) is 6.47. The van der Waals surface area contributed by atoms with Gasteiger partial charge in [0.1, 0.15) is 22.3 Å². The van der Waals surface area contributed by atoms with Gasteiger partial charge in [-0.2, -0.15) is 0 Å². The van der Waals surface area contributed by atoms with Gasteiger partial charge >= 0.3 is 0 Å². The average Bonchev–Trinajstić information content (AvgIpc) is 4.03. The van der Waals surface area contributed by atoms with Crippen LogP contribution in [0, 0.1) is 0 Å². The van der Waals surface area contributed by atoms with Crippen molar-refractivity contribution in [1.29, 1.82) is 0 Å². The van der Waals surface area contributed by atoms with Gasteiger partial charge in [-0.05, 0) is 152 Å². The lowest BCUT2D eigenvalue weighted by atomic mass is 10.0. The Labute approximate surface area is 428 Å².